The highest BCUT2D eigenvalue weighted by molar-refractivity contribution is 6.01. The SMILES string of the molecule is COc1c(N2CCCC3(CC3)C2=O)cc2c(c1C)CNC2. The number of nitrogens with one attached hydrogen (secondary N) is 1. The summed E-state index contributed by atoms with van der Waals surface area (Å²) in [6.45, 7) is 4.72. The van der Waals surface area contributed by atoms with Gasteiger partial charge >= 0.3 is 0 Å². The minimum atomic E-state index is -0.0333. The summed E-state index contributed by atoms with van der Waals surface area (Å²) in [5.74, 6) is 1.20. The third-order valence-corrected chi connectivity index (χ3v) is 5.43. The fourth-order valence-corrected chi connectivity index (χ4v) is 3.99. The molecule has 4 rings (SSSR count). The van der Waals surface area contributed by atoms with Crippen molar-refractivity contribution in [2.24, 2.45) is 5.41 Å². The molecule has 0 bridgehead atoms. The summed E-state index contributed by atoms with van der Waals surface area (Å²) in [6, 6.07) is 2.17. The maximum Gasteiger partial charge on any atom is 0.233 e. The third-order valence-electron chi connectivity index (χ3n) is 5.43. The molecule has 1 aromatic carbocycles. The molecule has 0 atom stereocenters. The zero-order chi connectivity index (χ0) is 14.6. The van der Waals surface area contributed by atoms with E-state index in [9.17, 15) is 4.79 Å². The Hall–Kier alpha value is -1.55. The number of ether oxygens (including phenoxy) is 1. The predicted molar refractivity (Wildman–Crippen MR) is 81.5 cm³/mol. The van der Waals surface area contributed by atoms with Gasteiger partial charge in [-0.1, -0.05) is 0 Å². The van der Waals surface area contributed by atoms with Crippen molar-refractivity contribution in [1.29, 1.82) is 0 Å². The maximum atomic E-state index is 12.8. The fourth-order valence-electron chi connectivity index (χ4n) is 3.99. The summed E-state index contributed by atoms with van der Waals surface area (Å²) in [5.41, 5.74) is 4.77. The molecule has 1 amide bonds. The van der Waals surface area contributed by atoms with Crippen LogP contribution >= 0.6 is 0 Å². The van der Waals surface area contributed by atoms with Crippen LogP contribution in [0.5, 0.6) is 5.75 Å². The largest absolute Gasteiger partial charge is 0.494 e. The van der Waals surface area contributed by atoms with Gasteiger partial charge in [-0.05, 0) is 55.4 Å². The van der Waals surface area contributed by atoms with Crippen LogP contribution in [0.15, 0.2) is 6.07 Å². The molecule has 4 nitrogen and oxygen atoms in total. The number of carbonyl (C=O) groups is 1. The number of rotatable bonds is 2. The normalized spacial score (nSPS) is 22.6. The Bertz CT molecular complexity index is 620. The van der Waals surface area contributed by atoms with E-state index in [2.05, 4.69) is 18.3 Å². The van der Waals surface area contributed by atoms with Crippen LogP contribution in [0.4, 0.5) is 5.69 Å². The predicted octanol–water partition coefficient (Wildman–Crippen LogP) is 2.51. The highest BCUT2D eigenvalue weighted by Gasteiger charge is 2.53. The van der Waals surface area contributed by atoms with E-state index in [-0.39, 0.29) is 5.41 Å². The van der Waals surface area contributed by atoms with E-state index in [0.717, 1.165) is 56.8 Å². The van der Waals surface area contributed by atoms with Crippen LogP contribution < -0.4 is 15.0 Å². The van der Waals surface area contributed by atoms with Gasteiger partial charge in [0.2, 0.25) is 5.91 Å². The van der Waals surface area contributed by atoms with Crippen molar-refractivity contribution < 1.29 is 9.53 Å². The molecular formula is C17H22N2O2. The Kier molecular flexibility index (Phi) is 2.80. The number of hydrogen-bond donors (Lipinski definition) is 1. The molecule has 2 aliphatic heterocycles. The Balaban J connectivity index is 1.81. The smallest absolute Gasteiger partial charge is 0.233 e. The number of piperidine rings is 1. The van der Waals surface area contributed by atoms with Gasteiger partial charge in [-0.2, -0.15) is 0 Å². The van der Waals surface area contributed by atoms with Gasteiger partial charge in [0.25, 0.3) is 0 Å². The highest BCUT2D eigenvalue weighted by Crippen LogP contribution is 2.54. The van der Waals surface area contributed by atoms with Crippen molar-refractivity contribution in [2.75, 3.05) is 18.6 Å². The number of anilines is 1. The average Bonchev–Trinajstić information content (AvgIpc) is 3.09. The van der Waals surface area contributed by atoms with Gasteiger partial charge in [0.15, 0.2) is 0 Å². The molecule has 1 spiro atoms. The van der Waals surface area contributed by atoms with Crippen LogP contribution in [0.25, 0.3) is 0 Å². The minimum Gasteiger partial charge on any atom is -0.494 e. The van der Waals surface area contributed by atoms with Gasteiger partial charge in [0.05, 0.1) is 12.8 Å². The summed E-state index contributed by atoms with van der Waals surface area (Å²) in [7, 11) is 1.71. The Morgan fingerprint density at radius 2 is 2.10 bits per heavy atom. The van der Waals surface area contributed by atoms with Gasteiger partial charge in [0, 0.05) is 25.0 Å². The van der Waals surface area contributed by atoms with Gasteiger partial charge < -0.3 is 15.0 Å². The standard InChI is InChI=1S/C17H22N2O2/c1-11-13-10-18-9-12(13)8-14(15(11)21-2)19-7-3-4-17(5-6-17)16(19)20/h8,18H,3-7,9-10H2,1-2H3. The van der Waals surface area contributed by atoms with Crippen LogP contribution in [-0.2, 0) is 17.9 Å². The molecule has 0 radical (unpaired) electrons. The number of fused-ring (bicyclic) bond motifs is 1. The zero-order valence-corrected chi connectivity index (χ0v) is 12.8. The van der Waals surface area contributed by atoms with E-state index in [1.807, 2.05) is 4.90 Å². The number of hydrogen-bond acceptors (Lipinski definition) is 3. The molecule has 1 aliphatic carbocycles. The van der Waals surface area contributed by atoms with Crippen molar-refractivity contribution in [3.8, 4) is 5.75 Å². The Morgan fingerprint density at radius 1 is 1.29 bits per heavy atom. The molecule has 0 aromatic heterocycles. The molecule has 3 aliphatic rings. The van der Waals surface area contributed by atoms with Crippen LogP contribution in [0.1, 0.15) is 42.4 Å². The van der Waals surface area contributed by atoms with Crippen molar-refractivity contribution in [3.05, 3.63) is 22.8 Å². The zero-order valence-electron chi connectivity index (χ0n) is 12.8. The summed E-state index contributed by atoms with van der Waals surface area (Å²) in [5, 5.41) is 3.39. The third kappa shape index (κ3) is 1.81. The number of benzene rings is 1. The molecule has 112 valence electrons. The molecule has 4 heteroatoms. The molecule has 2 fully saturated rings. The van der Waals surface area contributed by atoms with E-state index < -0.39 is 0 Å². The van der Waals surface area contributed by atoms with Gasteiger partial charge in [-0.3, -0.25) is 4.79 Å². The van der Waals surface area contributed by atoms with Crippen molar-refractivity contribution >= 4 is 11.6 Å². The summed E-state index contributed by atoms with van der Waals surface area (Å²) in [4.78, 5) is 14.8. The molecular weight excluding hydrogens is 264 g/mol. The number of methoxy groups -OCH3 is 1. The van der Waals surface area contributed by atoms with Crippen LogP contribution in [0.3, 0.4) is 0 Å². The second-order valence-electron chi connectivity index (χ2n) is 6.64. The van der Waals surface area contributed by atoms with Crippen LogP contribution in [0.2, 0.25) is 0 Å². The van der Waals surface area contributed by atoms with Crippen molar-refractivity contribution in [1.82, 2.24) is 5.32 Å². The van der Waals surface area contributed by atoms with Gasteiger partial charge in [-0.15, -0.1) is 0 Å². The second-order valence-corrected chi connectivity index (χ2v) is 6.64. The van der Waals surface area contributed by atoms with Gasteiger partial charge in [0.1, 0.15) is 5.75 Å². The number of amides is 1. The molecule has 1 saturated heterocycles. The second kappa shape index (κ2) is 4.47. The lowest BCUT2D eigenvalue weighted by molar-refractivity contribution is -0.125. The van der Waals surface area contributed by atoms with Crippen LogP contribution in [0, 0.1) is 12.3 Å². The van der Waals surface area contributed by atoms with E-state index in [0.29, 0.717) is 5.91 Å². The van der Waals surface area contributed by atoms with Crippen LogP contribution in [-0.4, -0.2) is 19.6 Å². The Morgan fingerprint density at radius 3 is 2.81 bits per heavy atom. The first-order chi connectivity index (χ1) is 10.2. The topological polar surface area (TPSA) is 41.6 Å². The minimum absolute atomic E-state index is 0.0333. The lowest BCUT2D eigenvalue weighted by Gasteiger charge is -2.34. The first-order valence-corrected chi connectivity index (χ1v) is 7.88. The maximum absolute atomic E-state index is 12.8. The van der Waals surface area contributed by atoms with Crippen molar-refractivity contribution in [3.63, 3.8) is 0 Å². The summed E-state index contributed by atoms with van der Waals surface area (Å²) < 4.78 is 5.67. The molecule has 2 heterocycles. The quantitative estimate of drug-likeness (QED) is 0.908. The summed E-state index contributed by atoms with van der Waals surface area (Å²) >= 11 is 0. The fraction of sp³-hybridized carbons (Fsp3) is 0.588. The van der Waals surface area contributed by atoms with E-state index in [1.165, 1.54) is 16.7 Å². The molecule has 1 N–H and O–H groups in total. The van der Waals surface area contributed by atoms with E-state index in [4.69, 9.17) is 4.74 Å². The average molecular weight is 286 g/mol. The number of carbonyl (C=O) groups excluding carboxylic acids is 1. The monoisotopic (exact) mass is 286 g/mol. The lowest BCUT2D eigenvalue weighted by Crippen LogP contribution is -2.42. The first kappa shape index (κ1) is 13.1. The molecule has 1 aromatic rings. The molecule has 0 unspecified atom stereocenters. The van der Waals surface area contributed by atoms with E-state index >= 15 is 0 Å². The highest BCUT2D eigenvalue weighted by atomic mass is 16.5. The lowest BCUT2D eigenvalue weighted by atomic mass is 9.92. The van der Waals surface area contributed by atoms with E-state index in [1.54, 1.807) is 7.11 Å². The Labute approximate surface area is 125 Å². The van der Waals surface area contributed by atoms with Gasteiger partial charge in [-0.25, -0.2) is 0 Å². The first-order valence-electron chi connectivity index (χ1n) is 7.88. The molecule has 21 heavy (non-hydrogen) atoms. The number of nitrogens with zero attached hydrogens (tertiary/aromatic N) is 1. The summed E-state index contributed by atoms with van der Waals surface area (Å²) in [6.07, 6.45) is 4.30. The molecule has 1 saturated carbocycles. The van der Waals surface area contributed by atoms with Crippen molar-refractivity contribution in [2.45, 2.75) is 45.7 Å².